The molecule has 0 N–H and O–H groups in total. The maximum atomic E-state index is 4.48. The van der Waals surface area contributed by atoms with E-state index in [-0.39, 0.29) is 0 Å². The first-order valence-corrected chi connectivity index (χ1v) is 5.36. The molecule has 1 aliphatic rings. The van der Waals surface area contributed by atoms with Crippen molar-refractivity contribution in [2.75, 3.05) is 25.5 Å². The second kappa shape index (κ2) is 4.01. The summed E-state index contributed by atoms with van der Waals surface area (Å²) in [5.74, 6) is 1.04. The molecule has 0 fully saturated rings. The summed E-state index contributed by atoms with van der Waals surface area (Å²) >= 11 is 0. The zero-order valence-corrected chi connectivity index (χ0v) is 9.62. The van der Waals surface area contributed by atoms with E-state index < -0.39 is 0 Å². The number of aliphatic imine (C=N–C) groups is 1. The van der Waals surface area contributed by atoms with Crippen LogP contribution in [0.2, 0.25) is 0 Å². The Morgan fingerprint density at radius 2 is 2.13 bits per heavy atom. The monoisotopic (exact) mass is 203 g/mol. The maximum absolute atomic E-state index is 4.48. The lowest BCUT2D eigenvalue weighted by molar-refractivity contribution is 0.951. The molecule has 80 valence electrons. The van der Waals surface area contributed by atoms with Crippen LogP contribution in [0.4, 0.5) is 5.82 Å². The van der Waals surface area contributed by atoms with E-state index in [9.17, 15) is 0 Å². The van der Waals surface area contributed by atoms with Crippen molar-refractivity contribution in [2.24, 2.45) is 4.99 Å². The molecule has 1 aliphatic heterocycles. The Morgan fingerprint density at radius 1 is 1.33 bits per heavy atom. The lowest BCUT2D eigenvalue weighted by Crippen LogP contribution is -2.13. The summed E-state index contributed by atoms with van der Waals surface area (Å²) < 4.78 is 0. The minimum atomic E-state index is 0.976. The van der Waals surface area contributed by atoms with Crippen LogP contribution in [0.25, 0.3) is 0 Å². The van der Waals surface area contributed by atoms with Gasteiger partial charge in [-0.2, -0.15) is 0 Å². The molecule has 1 aromatic heterocycles. The first-order chi connectivity index (χ1) is 7.18. The minimum absolute atomic E-state index is 0.976. The smallest absolute Gasteiger partial charge is 0.130 e. The van der Waals surface area contributed by atoms with Crippen molar-refractivity contribution >= 4 is 11.5 Å². The van der Waals surface area contributed by atoms with Gasteiger partial charge in [0.25, 0.3) is 0 Å². The Kier molecular flexibility index (Phi) is 2.71. The van der Waals surface area contributed by atoms with Crippen LogP contribution < -0.4 is 4.90 Å². The zero-order chi connectivity index (χ0) is 10.8. The highest BCUT2D eigenvalue weighted by molar-refractivity contribution is 6.01. The Hall–Kier alpha value is -1.38. The summed E-state index contributed by atoms with van der Waals surface area (Å²) in [5, 5.41) is 0. The molecule has 2 rings (SSSR count). The van der Waals surface area contributed by atoms with Crippen LogP contribution >= 0.6 is 0 Å². The van der Waals surface area contributed by atoms with E-state index in [0.29, 0.717) is 0 Å². The molecule has 0 aliphatic carbocycles. The summed E-state index contributed by atoms with van der Waals surface area (Å²) in [6, 6.07) is 2.19. The molecule has 0 amide bonds. The first kappa shape index (κ1) is 10.1. The number of pyridine rings is 1. The molecular weight excluding hydrogens is 186 g/mol. The quantitative estimate of drug-likeness (QED) is 0.736. The summed E-state index contributed by atoms with van der Waals surface area (Å²) in [4.78, 5) is 11.0. The van der Waals surface area contributed by atoms with Gasteiger partial charge in [-0.3, -0.25) is 4.99 Å². The molecule has 3 nitrogen and oxygen atoms in total. The van der Waals surface area contributed by atoms with E-state index in [1.165, 1.54) is 23.3 Å². The SMILES string of the molecule is Cc1cc(C2=NCCC2)cnc1N(C)C. The van der Waals surface area contributed by atoms with Crippen LogP contribution in [-0.2, 0) is 0 Å². The molecule has 15 heavy (non-hydrogen) atoms. The predicted molar refractivity (Wildman–Crippen MR) is 63.9 cm³/mol. The maximum Gasteiger partial charge on any atom is 0.130 e. The molecule has 2 heterocycles. The number of aryl methyl sites for hydroxylation is 1. The van der Waals surface area contributed by atoms with Crippen molar-refractivity contribution in [2.45, 2.75) is 19.8 Å². The highest BCUT2D eigenvalue weighted by Gasteiger charge is 2.11. The topological polar surface area (TPSA) is 28.5 Å². The molecule has 0 saturated heterocycles. The van der Waals surface area contributed by atoms with Gasteiger partial charge in [0.15, 0.2) is 0 Å². The summed E-state index contributed by atoms with van der Waals surface area (Å²) in [6.07, 6.45) is 4.22. The lowest BCUT2D eigenvalue weighted by Gasteiger charge is -2.14. The number of nitrogens with zero attached hydrogens (tertiary/aromatic N) is 3. The normalized spacial score (nSPS) is 15.3. The minimum Gasteiger partial charge on any atom is -0.363 e. The van der Waals surface area contributed by atoms with Crippen molar-refractivity contribution in [3.05, 3.63) is 23.4 Å². The van der Waals surface area contributed by atoms with Crippen LogP contribution in [-0.4, -0.2) is 31.3 Å². The molecule has 0 radical (unpaired) electrons. The van der Waals surface area contributed by atoms with Gasteiger partial charge in [0.2, 0.25) is 0 Å². The summed E-state index contributed by atoms with van der Waals surface area (Å²) in [6.45, 7) is 3.07. The molecule has 0 atom stereocenters. The molecule has 0 saturated carbocycles. The number of anilines is 1. The van der Waals surface area contributed by atoms with Gasteiger partial charge in [0.1, 0.15) is 5.82 Å². The van der Waals surface area contributed by atoms with Crippen LogP contribution in [0.15, 0.2) is 17.3 Å². The third kappa shape index (κ3) is 2.01. The second-order valence-corrected chi connectivity index (χ2v) is 4.19. The van der Waals surface area contributed by atoms with Gasteiger partial charge < -0.3 is 4.90 Å². The zero-order valence-electron chi connectivity index (χ0n) is 9.62. The number of rotatable bonds is 2. The fraction of sp³-hybridized carbons (Fsp3) is 0.500. The predicted octanol–water partition coefficient (Wildman–Crippen LogP) is 2.04. The third-order valence-electron chi connectivity index (χ3n) is 2.68. The second-order valence-electron chi connectivity index (χ2n) is 4.19. The first-order valence-electron chi connectivity index (χ1n) is 5.36. The highest BCUT2D eigenvalue weighted by Crippen LogP contribution is 2.18. The van der Waals surface area contributed by atoms with Gasteiger partial charge in [0.05, 0.1) is 0 Å². The molecule has 0 aromatic carbocycles. The van der Waals surface area contributed by atoms with Crippen molar-refractivity contribution in [1.82, 2.24) is 4.98 Å². The molecule has 0 unspecified atom stereocenters. The van der Waals surface area contributed by atoms with Gasteiger partial charge in [-0.25, -0.2) is 4.98 Å². The largest absolute Gasteiger partial charge is 0.363 e. The van der Waals surface area contributed by atoms with E-state index in [2.05, 4.69) is 23.0 Å². The van der Waals surface area contributed by atoms with E-state index >= 15 is 0 Å². The lowest BCUT2D eigenvalue weighted by atomic mass is 10.1. The van der Waals surface area contributed by atoms with Gasteiger partial charge in [0, 0.05) is 38.1 Å². The fourth-order valence-electron chi connectivity index (χ4n) is 1.97. The van der Waals surface area contributed by atoms with Gasteiger partial charge >= 0.3 is 0 Å². The molecule has 0 bridgehead atoms. The Bertz CT molecular complexity index is 394. The van der Waals surface area contributed by atoms with Crippen LogP contribution in [0.3, 0.4) is 0 Å². The third-order valence-corrected chi connectivity index (χ3v) is 2.68. The van der Waals surface area contributed by atoms with Crippen LogP contribution in [0.5, 0.6) is 0 Å². The van der Waals surface area contributed by atoms with Gasteiger partial charge in [-0.15, -0.1) is 0 Å². The van der Waals surface area contributed by atoms with Gasteiger partial charge in [-0.05, 0) is 31.4 Å². The van der Waals surface area contributed by atoms with Crippen molar-refractivity contribution < 1.29 is 0 Å². The Labute approximate surface area is 90.9 Å². The Morgan fingerprint density at radius 3 is 2.67 bits per heavy atom. The number of hydrogen-bond donors (Lipinski definition) is 0. The highest BCUT2D eigenvalue weighted by atomic mass is 15.1. The standard InChI is InChI=1S/C12H17N3/c1-9-7-10(11-5-4-6-13-11)8-14-12(9)15(2)3/h7-8H,4-6H2,1-3H3. The molecule has 0 spiro atoms. The number of hydrogen-bond acceptors (Lipinski definition) is 3. The molecule has 1 aromatic rings. The van der Waals surface area contributed by atoms with E-state index in [0.717, 1.165) is 18.8 Å². The average molecular weight is 203 g/mol. The Balaban J connectivity index is 2.33. The molecular formula is C12H17N3. The number of aromatic nitrogens is 1. The van der Waals surface area contributed by atoms with Crippen molar-refractivity contribution in [3.8, 4) is 0 Å². The summed E-state index contributed by atoms with van der Waals surface area (Å²) in [7, 11) is 4.03. The van der Waals surface area contributed by atoms with Crippen molar-refractivity contribution in [3.63, 3.8) is 0 Å². The van der Waals surface area contributed by atoms with E-state index in [4.69, 9.17) is 0 Å². The van der Waals surface area contributed by atoms with E-state index in [1.54, 1.807) is 0 Å². The van der Waals surface area contributed by atoms with E-state index in [1.807, 2.05) is 25.2 Å². The van der Waals surface area contributed by atoms with Gasteiger partial charge in [-0.1, -0.05) is 0 Å². The summed E-state index contributed by atoms with van der Waals surface area (Å²) in [5.41, 5.74) is 3.62. The molecule has 3 heteroatoms. The fourth-order valence-corrected chi connectivity index (χ4v) is 1.97. The average Bonchev–Trinajstić information content (AvgIpc) is 2.69. The van der Waals surface area contributed by atoms with Crippen LogP contribution in [0, 0.1) is 6.92 Å². The van der Waals surface area contributed by atoms with Crippen molar-refractivity contribution in [1.29, 1.82) is 0 Å². The van der Waals surface area contributed by atoms with Crippen LogP contribution in [0.1, 0.15) is 24.0 Å².